The Kier molecular flexibility index (Phi) is 21.0. The van der Waals surface area contributed by atoms with E-state index in [1.54, 1.807) is 30.3 Å². The van der Waals surface area contributed by atoms with Crippen LogP contribution in [0.15, 0.2) is 30.3 Å². The molecule has 8 amide bonds. The zero-order valence-electron chi connectivity index (χ0n) is 35.3. The summed E-state index contributed by atoms with van der Waals surface area (Å²) in [6.45, 7) is 5.11. The smallest absolute Gasteiger partial charge is 0.245 e. The summed E-state index contributed by atoms with van der Waals surface area (Å²) in [5.74, 6) is -6.12. The Hall–Kier alpha value is -5.22. The lowest BCUT2D eigenvalue weighted by Gasteiger charge is -2.28. The van der Waals surface area contributed by atoms with E-state index in [1.165, 1.54) is 6.92 Å². The minimum Gasteiger partial charge on any atom is -0.391 e. The second-order valence-electron chi connectivity index (χ2n) is 15.9. The zero-order chi connectivity index (χ0) is 45.1. The van der Waals surface area contributed by atoms with E-state index in [1.807, 2.05) is 13.8 Å². The SMILES string of the molecule is CC(C)C[C@@H]1NC(=O)[C@@H](Cc2ccccc2)NC(=O)[C@H](CCN)NC(=O)[C@@H](NC(=O)[C@@H]2CCCN2)CCNC(=O)[C@H]([C@@H](C)O)NC(=O)[C@H](CCN)NC(=O)[C@H](CCN)NC1=O. The molecule has 0 bridgehead atoms. The van der Waals surface area contributed by atoms with Crippen molar-refractivity contribution in [3.8, 4) is 0 Å². The fraction of sp³-hybridized carbons (Fsp3) is 0.650. The highest BCUT2D eigenvalue weighted by Gasteiger charge is 2.36. The number of aliphatic hydroxyl groups excluding tert-OH is 1. The highest BCUT2D eigenvalue weighted by Crippen LogP contribution is 2.11. The van der Waals surface area contributed by atoms with E-state index in [2.05, 4.69) is 47.9 Å². The van der Waals surface area contributed by atoms with E-state index >= 15 is 0 Å². The van der Waals surface area contributed by atoms with E-state index in [-0.39, 0.29) is 70.6 Å². The molecule has 2 heterocycles. The molecule has 1 aromatic rings. The largest absolute Gasteiger partial charge is 0.391 e. The fourth-order valence-corrected chi connectivity index (χ4v) is 6.99. The minimum atomic E-state index is -1.53. The fourth-order valence-electron chi connectivity index (χ4n) is 6.99. The molecule has 2 aliphatic rings. The van der Waals surface area contributed by atoms with Gasteiger partial charge in [0.2, 0.25) is 47.3 Å². The zero-order valence-corrected chi connectivity index (χ0v) is 35.3. The van der Waals surface area contributed by atoms with Gasteiger partial charge in [-0.05, 0) is 89.5 Å². The molecule has 0 unspecified atom stereocenters. The molecule has 21 nitrogen and oxygen atoms in total. The van der Waals surface area contributed by atoms with Gasteiger partial charge < -0.3 is 70.2 Å². The van der Waals surface area contributed by atoms with Crippen molar-refractivity contribution in [3.05, 3.63) is 35.9 Å². The van der Waals surface area contributed by atoms with Crippen molar-refractivity contribution in [1.29, 1.82) is 0 Å². The van der Waals surface area contributed by atoms with Crippen molar-refractivity contribution >= 4 is 47.3 Å². The number of nitrogens with two attached hydrogens (primary N) is 3. The van der Waals surface area contributed by atoms with Crippen molar-refractivity contribution in [2.45, 2.75) is 127 Å². The number of nitrogens with one attached hydrogen (secondary N) is 9. The monoisotopic (exact) mass is 859 g/mol. The molecule has 2 fully saturated rings. The predicted octanol–water partition coefficient (Wildman–Crippen LogP) is -4.63. The van der Waals surface area contributed by atoms with Crippen LogP contribution in [0.3, 0.4) is 0 Å². The molecule has 3 rings (SSSR count). The van der Waals surface area contributed by atoms with Crippen molar-refractivity contribution in [3.63, 3.8) is 0 Å². The Morgan fingerprint density at radius 3 is 1.66 bits per heavy atom. The van der Waals surface area contributed by atoms with Crippen LogP contribution in [0.2, 0.25) is 0 Å². The van der Waals surface area contributed by atoms with Gasteiger partial charge in [-0.15, -0.1) is 0 Å². The number of hydrogen-bond donors (Lipinski definition) is 13. The van der Waals surface area contributed by atoms with Gasteiger partial charge >= 0.3 is 0 Å². The summed E-state index contributed by atoms with van der Waals surface area (Å²) in [5, 5.41) is 34.7. The third kappa shape index (κ3) is 16.3. The summed E-state index contributed by atoms with van der Waals surface area (Å²) >= 11 is 0. The maximum absolute atomic E-state index is 14.2. The van der Waals surface area contributed by atoms with Crippen LogP contribution in [0.5, 0.6) is 0 Å². The van der Waals surface area contributed by atoms with Crippen LogP contribution in [-0.4, -0.2) is 140 Å². The molecule has 9 atom stereocenters. The maximum atomic E-state index is 14.2. The number of rotatable bonds is 13. The van der Waals surface area contributed by atoms with Crippen LogP contribution in [0.25, 0.3) is 0 Å². The second kappa shape index (κ2) is 25.5. The average molecular weight is 859 g/mol. The Morgan fingerprint density at radius 2 is 1.15 bits per heavy atom. The highest BCUT2D eigenvalue weighted by molar-refractivity contribution is 5.98. The first-order chi connectivity index (χ1) is 29.1. The number of hydrogen-bond acceptors (Lipinski definition) is 13. The highest BCUT2D eigenvalue weighted by atomic mass is 16.3. The van der Waals surface area contributed by atoms with E-state index in [0.717, 1.165) is 6.42 Å². The van der Waals surface area contributed by atoms with Gasteiger partial charge in [0.25, 0.3) is 0 Å². The lowest BCUT2D eigenvalue weighted by atomic mass is 10.00. The first kappa shape index (κ1) is 50.1. The molecule has 2 aliphatic heterocycles. The molecule has 16 N–H and O–H groups in total. The molecule has 0 aliphatic carbocycles. The van der Waals surface area contributed by atoms with Crippen molar-refractivity contribution in [2.75, 3.05) is 32.7 Å². The molecule has 2 saturated heterocycles. The molecule has 0 aromatic heterocycles. The normalized spacial score (nSPS) is 27.4. The Balaban J connectivity index is 2.08. The van der Waals surface area contributed by atoms with Gasteiger partial charge in [0.1, 0.15) is 42.3 Å². The molecule has 0 radical (unpaired) electrons. The summed E-state index contributed by atoms with van der Waals surface area (Å²) in [7, 11) is 0. The predicted molar refractivity (Wildman–Crippen MR) is 224 cm³/mol. The summed E-state index contributed by atoms with van der Waals surface area (Å²) in [5.41, 5.74) is 18.2. The van der Waals surface area contributed by atoms with Crippen LogP contribution in [0.1, 0.15) is 71.3 Å². The molecule has 0 spiro atoms. The number of benzene rings is 1. The maximum Gasteiger partial charge on any atom is 0.245 e. The molecule has 21 heteroatoms. The standard InChI is InChI=1S/C40H66N12O9/c1-22(2)20-30-38(59)48-26(11-15-41)34(55)47-28(13-17-43)37(58)52-32(23(3)53)40(61)45-19-14-29(49-33(54)25-10-7-18-44-25)36(57)46-27(12-16-42)35(56)51-31(39(60)50-30)21-24-8-5-4-6-9-24/h4-6,8-9,22-23,25-32,44,53H,7,10-21,41-43H2,1-3H3,(H,45,61)(H,46,57)(H,47,55)(H,48,59)(H,49,54)(H,50,60)(H,51,56)(H,52,58)/t23-,25+,26+,27+,28+,29+,30+,31-,32+/m1/s1. The van der Waals surface area contributed by atoms with Gasteiger partial charge in [0, 0.05) is 13.0 Å². The second-order valence-corrected chi connectivity index (χ2v) is 15.9. The molecule has 0 saturated carbocycles. The lowest BCUT2D eigenvalue weighted by Crippen LogP contribution is -2.61. The first-order valence-corrected chi connectivity index (χ1v) is 21.0. The van der Waals surface area contributed by atoms with Gasteiger partial charge in [-0.1, -0.05) is 44.2 Å². The van der Waals surface area contributed by atoms with Gasteiger partial charge in [-0.2, -0.15) is 0 Å². The van der Waals surface area contributed by atoms with E-state index in [0.29, 0.717) is 18.5 Å². The molecule has 1 aromatic carbocycles. The summed E-state index contributed by atoms with van der Waals surface area (Å²) in [6, 6.07) is -0.931. The minimum absolute atomic E-state index is 0.0132. The Bertz CT molecular complexity index is 1640. The van der Waals surface area contributed by atoms with E-state index < -0.39 is 102 Å². The van der Waals surface area contributed by atoms with E-state index in [9.17, 15) is 43.5 Å². The molecular weight excluding hydrogens is 793 g/mol. The van der Waals surface area contributed by atoms with Crippen LogP contribution < -0.4 is 65.1 Å². The van der Waals surface area contributed by atoms with Crippen molar-refractivity contribution in [2.24, 2.45) is 23.1 Å². The van der Waals surface area contributed by atoms with Crippen LogP contribution in [-0.2, 0) is 44.8 Å². The molecule has 340 valence electrons. The number of carbonyl (C=O) groups excluding carboxylic acids is 8. The molecular formula is C40H66N12O9. The van der Waals surface area contributed by atoms with Crippen molar-refractivity contribution in [1.82, 2.24) is 47.9 Å². The third-order valence-corrected chi connectivity index (χ3v) is 10.3. The van der Waals surface area contributed by atoms with E-state index in [4.69, 9.17) is 17.2 Å². The molecule has 61 heavy (non-hydrogen) atoms. The topological polar surface area (TPSA) is 343 Å². The van der Waals surface area contributed by atoms with Gasteiger partial charge in [-0.25, -0.2) is 0 Å². The van der Waals surface area contributed by atoms with Crippen LogP contribution in [0, 0.1) is 5.92 Å². The summed E-state index contributed by atoms with van der Waals surface area (Å²) in [6.07, 6.45) is -0.462. The Morgan fingerprint density at radius 1 is 0.656 bits per heavy atom. The van der Waals surface area contributed by atoms with Crippen LogP contribution >= 0.6 is 0 Å². The third-order valence-electron chi connectivity index (χ3n) is 10.3. The van der Waals surface area contributed by atoms with Gasteiger partial charge in [0.05, 0.1) is 12.1 Å². The Labute approximate surface area is 356 Å². The summed E-state index contributed by atoms with van der Waals surface area (Å²) in [4.78, 5) is 110. The summed E-state index contributed by atoms with van der Waals surface area (Å²) < 4.78 is 0. The number of carbonyl (C=O) groups is 8. The van der Waals surface area contributed by atoms with Crippen molar-refractivity contribution < 1.29 is 43.5 Å². The van der Waals surface area contributed by atoms with Crippen LogP contribution in [0.4, 0.5) is 0 Å². The first-order valence-electron chi connectivity index (χ1n) is 21.0. The quantitative estimate of drug-likeness (QED) is 0.0889. The average Bonchev–Trinajstić information content (AvgIpc) is 3.76. The lowest BCUT2D eigenvalue weighted by molar-refractivity contribution is -0.136. The van der Waals surface area contributed by atoms with Gasteiger partial charge in [0.15, 0.2) is 0 Å². The number of aliphatic hydroxyl groups is 1. The van der Waals surface area contributed by atoms with Gasteiger partial charge in [-0.3, -0.25) is 38.4 Å². The number of amides is 8.